The fraction of sp³-hybridized carbons (Fsp3) is 0.500. The first-order valence-electron chi connectivity index (χ1n) is 7.23. The standard InChI is InChI=1S/C16H21N3O/c1-2-13-7-9-19(10-8-13)12-16(20)18-15-5-3-14(11-17)4-6-15/h3-6,13H,2,7-10,12H2,1H3,(H,18,20). The van der Waals surface area contributed by atoms with Crippen LogP contribution in [0.4, 0.5) is 5.69 Å². The second-order valence-corrected chi connectivity index (χ2v) is 5.37. The van der Waals surface area contributed by atoms with Crippen molar-refractivity contribution in [2.45, 2.75) is 26.2 Å². The van der Waals surface area contributed by atoms with Gasteiger partial charge in [0.15, 0.2) is 0 Å². The zero-order valence-electron chi connectivity index (χ0n) is 11.9. The Hall–Kier alpha value is -1.86. The van der Waals surface area contributed by atoms with Gasteiger partial charge in [-0.25, -0.2) is 0 Å². The van der Waals surface area contributed by atoms with Crippen LogP contribution < -0.4 is 5.32 Å². The number of amides is 1. The van der Waals surface area contributed by atoms with E-state index in [1.807, 2.05) is 0 Å². The second kappa shape index (κ2) is 7.06. The first-order valence-corrected chi connectivity index (χ1v) is 7.23. The third-order valence-corrected chi connectivity index (χ3v) is 3.95. The normalized spacial score (nSPS) is 16.6. The van der Waals surface area contributed by atoms with Gasteiger partial charge in [-0.2, -0.15) is 5.26 Å². The predicted molar refractivity (Wildman–Crippen MR) is 79.2 cm³/mol. The monoisotopic (exact) mass is 271 g/mol. The van der Waals surface area contributed by atoms with E-state index in [2.05, 4.69) is 23.2 Å². The summed E-state index contributed by atoms with van der Waals surface area (Å²) >= 11 is 0. The van der Waals surface area contributed by atoms with Crippen molar-refractivity contribution in [2.75, 3.05) is 25.0 Å². The SMILES string of the molecule is CCC1CCN(CC(=O)Nc2ccc(C#N)cc2)CC1. The van der Waals surface area contributed by atoms with E-state index in [4.69, 9.17) is 5.26 Å². The van der Waals surface area contributed by atoms with E-state index in [-0.39, 0.29) is 5.91 Å². The topological polar surface area (TPSA) is 56.1 Å². The van der Waals surface area contributed by atoms with Gasteiger partial charge in [-0.05, 0) is 56.1 Å². The molecule has 0 aliphatic carbocycles. The van der Waals surface area contributed by atoms with Crippen LogP contribution in [0, 0.1) is 17.2 Å². The number of anilines is 1. The Bertz CT molecular complexity index is 481. The highest BCUT2D eigenvalue weighted by molar-refractivity contribution is 5.92. The fourth-order valence-electron chi connectivity index (χ4n) is 2.58. The number of rotatable bonds is 4. The Balaban J connectivity index is 1.79. The molecule has 0 aromatic heterocycles. The minimum atomic E-state index is 0.0182. The minimum absolute atomic E-state index is 0.0182. The number of likely N-dealkylation sites (tertiary alicyclic amines) is 1. The number of hydrogen-bond donors (Lipinski definition) is 1. The Morgan fingerprint density at radius 3 is 2.55 bits per heavy atom. The molecule has 1 fully saturated rings. The number of nitriles is 1. The van der Waals surface area contributed by atoms with Crippen molar-refractivity contribution in [2.24, 2.45) is 5.92 Å². The average molecular weight is 271 g/mol. The molecular formula is C16H21N3O. The summed E-state index contributed by atoms with van der Waals surface area (Å²) in [4.78, 5) is 14.2. The van der Waals surface area contributed by atoms with Gasteiger partial charge in [-0.3, -0.25) is 9.69 Å². The number of nitrogens with one attached hydrogen (secondary N) is 1. The number of benzene rings is 1. The lowest BCUT2D eigenvalue weighted by Crippen LogP contribution is -2.39. The molecule has 0 spiro atoms. The van der Waals surface area contributed by atoms with Gasteiger partial charge in [0.1, 0.15) is 0 Å². The third kappa shape index (κ3) is 4.07. The summed E-state index contributed by atoms with van der Waals surface area (Å²) in [6, 6.07) is 9.01. The average Bonchev–Trinajstić information content (AvgIpc) is 2.49. The van der Waals surface area contributed by atoms with E-state index in [1.165, 1.54) is 19.3 Å². The summed E-state index contributed by atoms with van der Waals surface area (Å²) in [5.74, 6) is 0.845. The molecule has 0 bridgehead atoms. The quantitative estimate of drug-likeness (QED) is 0.915. The summed E-state index contributed by atoms with van der Waals surface area (Å²) < 4.78 is 0. The lowest BCUT2D eigenvalue weighted by molar-refractivity contribution is -0.117. The molecule has 0 unspecified atom stereocenters. The van der Waals surface area contributed by atoms with E-state index in [1.54, 1.807) is 24.3 Å². The van der Waals surface area contributed by atoms with Gasteiger partial charge in [0.25, 0.3) is 0 Å². The van der Waals surface area contributed by atoms with Crippen LogP contribution >= 0.6 is 0 Å². The molecule has 1 heterocycles. The molecule has 4 heteroatoms. The van der Waals surface area contributed by atoms with Crippen LogP contribution in [0.2, 0.25) is 0 Å². The molecule has 0 radical (unpaired) electrons. The van der Waals surface area contributed by atoms with Crippen molar-refractivity contribution in [3.63, 3.8) is 0 Å². The molecule has 1 aliphatic heterocycles. The lowest BCUT2D eigenvalue weighted by atomic mass is 9.94. The summed E-state index contributed by atoms with van der Waals surface area (Å²) in [7, 11) is 0. The minimum Gasteiger partial charge on any atom is -0.325 e. The highest BCUT2D eigenvalue weighted by Crippen LogP contribution is 2.19. The van der Waals surface area contributed by atoms with Gasteiger partial charge >= 0.3 is 0 Å². The lowest BCUT2D eigenvalue weighted by Gasteiger charge is -2.30. The van der Waals surface area contributed by atoms with E-state index in [0.717, 1.165) is 24.7 Å². The molecule has 106 valence electrons. The summed E-state index contributed by atoms with van der Waals surface area (Å²) in [5.41, 5.74) is 1.35. The molecule has 0 saturated carbocycles. The number of carbonyl (C=O) groups is 1. The predicted octanol–water partition coefficient (Wildman–Crippen LogP) is 2.62. The second-order valence-electron chi connectivity index (χ2n) is 5.37. The number of hydrogen-bond acceptors (Lipinski definition) is 3. The first-order chi connectivity index (χ1) is 9.71. The van der Waals surface area contributed by atoms with Crippen LogP contribution in [0.5, 0.6) is 0 Å². The third-order valence-electron chi connectivity index (χ3n) is 3.95. The Labute approximate surface area is 120 Å². The Morgan fingerprint density at radius 2 is 2.00 bits per heavy atom. The summed E-state index contributed by atoms with van der Waals surface area (Å²) in [5, 5.41) is 11.6. The van der Waals surface area contributed by atoms with Gasteiger partial charge in [0.2, 0.25) is 5.91 Å². The van der Waals surface area contributed by atoms with Crippen LogP contribution in [0.15, 0.2) is 24.3 Å². The molecule has 2 rings (SSSR count). The van der Waals surface area contributed by atoms with Crippen molar-refractivity contribution >= 4 is 11.6 Å². The van der Waals surface area contributed by atoms with Crippen LogP contribution in [-0.4, -0.2) is 30.4 Å². The highest BCUT2D eigenvalue weighted by atomic mass is 16.2. The van der Waals surface area contributed by atoms with Crippen LogP contribution in [0.25, 0.3) is 0 Å². The molecule has 0 atom stereocenters. The van der Waals surface area contributed by atoms with Crippen molar-refractivity contribution in [1.29, 1.82) is 5.26 Å². The molecule has 4 nitrogen and oxygen atoms in total. The smallest absolute Gasteiger partial charge is 0.238 e. The molecule has 1 aromatic carbocycles. The van der Waals surface area contributed by atoms with Gasteiger partial charge in [-0.15, -0.1) is 0 Å². The molecule has 1 aromatic rings. The van der Waals surface area contributed by atoms with Gasteiger partial charge < -0.3 is 5.32 Å². The number of piperidine rings is 1. The van der Waals surface area contributed by atoms with E-state index in [0.29, 0.717) is 12.1 Å². The molecule has 1 amide bonds. The molecule has 1 saturated heterocycles. The molecule has 20 heavy (non-hydrogen) atoms. The van der Waals surface area contributed by atoms with E-state index in [9.17, 15) is 4.79 Å². The maximum Gasteiger partial charge on any atom is 0.238 e. The van der Waals surface area contributed by atoms with Gasteiger partial charge in [0, 0.05) is 5.69 Å². The summed E-state index contributed by atoms with van der Waals surface area (Å²) in [6.07, 6.45) is 3.63. The zero-order chi connectivity index (χ0) is 14.4. The van der Waals surface area contributed by atoms with Crippen molar-refractivity contribution in [1.82, 2.24) is 4.90 Å². The fourth-order valence-corrected chi connectivity index (χ4v) is 2.58. The van der Waals surface area contributed by atoms with E-state index < -0.39 is 0 Å². The summed E-state index contributed by atoms with van der Waals surface area (Å²) in [6.45, 7) is 4.72. The largest absolute Gasteiger partial charge is 0.325 e. The zero-order valence-corrected chi connectivity index (χ0v) is 11.9. The molecular weight excluding hydrogens is 250 g/mol. The highest BCUT2D eigenvalue weighted by Gasteiger charge is 2.19. The Morgan fingerprint density at radius 1 is 1.35 bits per heavy atom. The van der Waals surface area contributed by atoms with Crippen molar-refractivity contribution in [3.8, 4) is 6.07 Å². The van der Waals surface area contributed by atoms with Crippen LogP contribution in [-0.2, 0) is 4.79 Å². The van der Waals surface area contributed by atoms with Crippen LogP contribution in [0.3, 0.4) is 0 Å². The maximum atomic E-state index is 12.0. The van der Waals surface area contributed by atoms with Crippen molar-refractivity contribution < 1.29 is 4.79 Å². The van der Waals surface area contributed by atoms with Gasteiger partial charge in [-0.1, -0.05) is 13.3 Å². The number of carbonyl (C=O) groups excluding carboxylic acids is 1. The van der Waals surface area contributed by atoms with Gasteiger partial charge in [0.05, 0.1) is 18.2 Å². The van der Waals surface area contributed by atoms with Crippen molar-refractivity contribution in [3.05, 3.63) is 29.8 Å². The Kier molecular flexibility index (Phi) is 5.14. The number of nitrogens with zero attached hydrogens (tertiary/aromatic N) is 2. The van der Waals surface area contributed by atoms with Crippen LogP contribution in [0.1, 0.15) is 31.7 Å². The molecule has 1 aliphatic rings. The maximum absolute atomic E-state index is 12.0. The first kappa shape index (κ1) is 14.5. The van der Waals surface area contributed by atoms with E-state index >= 15 is 0 Å². The molecule has 1 N–H and O–H groups in total.